The van der Waals surface area contributed by atoms with Crippen LogP contribution >= 0.6 is 8.53 Å². The van der Waals surface area contributed by atoms with Crippen LogP contribution in [0.2, 0.25) is 0 Å². The van der Waals surface area contributed by atoms with E-state index in [0.717, 1.165) is 4.57 Å². The topological polar surface area (TPSA) is 145 Å². The second-order valence-corrected chi connectivity index (χ2v) is 10.8. The van der Waals surface area contributed by atoms with Crippen LogP contribution in [0.4, 0.5) is 0 Å². The number of aromatic nitrogens is 4. The van der Waals surface area contributed by atoms with E-state index in [0.29, 0.717) is 11.0 Å². The van der Waals surface area contributed by atoms with Gasteiger partial charge in [0.15, 0.2) is 17.4 Å². The number of para-hydroxylation sites is 2. The van der Waals surface area contributed by atoms with Gasteiger partial charge in [-0.15, -0.1) is 0 Å². The van der Waals surface area contributed by atoms with Crippen molar-refractivity contribution >= 4 is 30.7 Å². The van der Waals surface area contributed by atoms with Crippen molar-refractivity contribution in [3.63, 3.8) is 0 Å². The number of hydrogen-bond donors (Lipinski definition) is 1. The highest BCUT2D eigenvalue weighted by molar-refractivity contribution is 7.44. The normalized spacial score (nSPS) is 23.0. The fourth-order valence-electron chi connectivity index (χ4n) is 4.53. The van der Waals surface area contributed by atoms with Gasteiger partial charge in [-0.25, -0.2) is 24.0 Å². The van der Waals surface area contributed by atoms with Gasteiger partial charge < -0.3 is 18.5 Å². The average molecular weight is 546 g/mol. The first-order valence-corrected chi connectivity index (χ1v) is 13.5. The van der Waals surface area contributed by atoms with E-state index < -0.39 is 44.3 Å². The molecule has 1 fully saturated rings. The molecule has 1 saturated heterocycles. The maximum absolute atomic E-state index is 13.6. The van der Waals surface area contributed by atoms with E-state index in [1.165, 1.54) is 7.11 Å². The van der Waals surface area contributed by atoms with Gasteiger partial charge in [0.1, 0.15) is 12.2 Å². The molecular formula is C25H33N6O6P. The monoisotopic (exact) mass is 545 g/mol. The lowest BCUT2D eigenvalue weighted by molar-refractivity contribution is -0.0524. The molecule has 12 nitrogen and oxygen atoms in total. The second kappa shape index (κ2) is 11.9. The van der Waals surface area contributed by atoms with Crippen LogP contribution in [0.1, 0.15) is 48.6 Å². The maximum Gasteiger partial charge on any atom is 0.332 e. The summed E-state index contributed by atoms with van der Waals surface area (Å²) in [5.74, 6) is 0. The number of rotatable bonds is 10. The van der Waals surface area contributed by atoms with Crippen molar-refractivity contribution in [2.75, 3.05) is 13.7 Å². The van der Waals surface area contributed by atoms with E-state index >= 15 is 0 Å². The molecule has 0 amide bonds. The lowest BCUT2D eigenvalue weighted by atomic mass is 10.1. The summed E-state index contributed by atoms with van der Waals surface area (Å²) in [6.45, 7) is 7.99. The molecule has 5 atom stereocenters. The van der Waals surface area contributed by atoms with Gasteiger partial charge in [0.05, 0.1) is 36.2 Å². The number of nitrogens with one attached hydrogen (secondary N) is 1. The lowest BCUT2D eigenvalue weighted by Gasteiger charge is -2.37. The van der Waals surface area contributed by atoms with E-state index in [9.17, 15) is 9.59 Å². The summed E-state index contributed by atoms with van der Waals surface area (Å²) in [5, 5.41) is 9.01. The Hall–Kier alpha value is -2.78. The Morgan fingerprint density at radius 1 is 1.21 bits per heavy atom. The van der Waals surface area contributed by atoms with E-state index in [4.69, 9.17) is 25.2 Å². The molecule has 204 valence electrons. The Balaban J connectivity index is 1.74. The van der Waals surface area contributed by atoms with Gasteiger partial charge in [-0.1, -0.05) is 12.1 Å². The summed E-state index contributed by atoms with van der Waals surface area (Å²) in [6, 6.07) is 9.19. The summed E-state index contributed by atoms with van der Waals surface area (Å²) >= 11 is 0. The third-order valence-corrected chi connectivity index (χ3v) is 8.25. The average Bonchev–Trinajstić information content (AvgIpc) is 3.24. The number of fused-ring (bicyclic) bond motifs is 2. The molecule has 0 radical (unpaired) electrons. The maximum atomic E-state index is 13.6. The zero-order chi connectivity index (χ0) is 28.3. The summed E-state index contributed by atoms with van der Waals surface area (Å²) < 4.78 is 35.4. The third-order valence-electron chi connectivity index (χ3n) is 6.12. The minimum atomic E-state index is -1.70. The van der Waals surface area contributed by atoms with Gasteiger partial charge in [-0.2, -0.15) is 5.26 Å². The number of benzene rings is 1. The van der Waals surface area contributed by atoms with Gasteiger partial charge in [-0.05, 0) is 46.7 Å². The molecule has 0 aliphatic carbocycles. The second-order valence-electron chi connectivity index (χ2n) is 9.40. The van der Waals surface area contributed by atoms with Crippen LogP contribution in [0.25, 0.3) is 22.2 Å². The molecule has 1 aromatic carbocycles. The molecule has 2 unspecified atom stereocenters. The van der Waals surface area contributed by atoms with E-state index in [2.05, 4.69) is 21.0 Å². The van der Waals surface area contributed by atoms with E-state index in [1.807, 2.05) is 32.4 Å². The third kappa shape index (κ3) is 5.50. The Kier molecular flexibility index (Phi) is 8.43. The molecule has 0 spiro atoms. The van der Waals surface area contributed by atoms with Crippen LogP contribution in [-0.4, -0.2) is 68.3 Å². The number of nitrogens with zero attached hydrogens (tertiary/aromatic N) is 5. The van der Waals surface area contributed by atoms with Crippen molar-refractivity contribution in [1.29, 1.82) is 5.26 Å². The molecule has 0 saturated carbocycles. The van der Waals surface area contributed by atoms with Crippen LogP contribution in [0, 0.1) is 11.3 Å². The highest BCUT2D eigenvalue weighted by Gasteiger charge is 2.48. The van der Waals surface area contributed by atoms with Crippen molar-refractivity contribution in [1.82, 2.24) is 24.2 Å². The Morgan fingerprint density at radius 2 is 1.89 bits per heavy atom. The number of hydrogen-bond acceptors (Lipinski definition) is 10. The number of H-pyrrole nitrogens is 1. The Morgan fingerprint density at radius 3 is 2.50 bits per heavy atom. The van der Waals surface area contributed by atoms with Crippen LogP contribution in [-0.2, 0) is 18.5 Å². The number of aromatic amines is 1. The first kappa shape index (κ1) is 26.8. The predicted molar refractivity (Wildman–Crippen MR) is 142 cm³/mol. The standard InChI is InChI=1S/C25H33N6O6P/c1-14(2)31(15(3)4)38(35-13-9-12-26)37-20-16(5)36-24(21(20)34-6)30-23(32)19-22(29-25(30)33)28-18-11-8-7-10-17(18)27-19/h7-8,10-11,14-16,20-21,24H,9,13H2,1-6H3,(H,28,29,33)/t16-,20-,21?,24-,38?/m1/s1/i5D. The smallest absolute Gasteiger partial charge is 0.332 e. The summed E-state index contributed by atoms with van der Waals surface area (Å²) in [7, 11) is -0.269. The highest BCUT2D eigenvalue weighted by Crippen LogP contribution is 2.50. The van der Waals surface area contributed by atoms with Gasteiger partial charge >= 0.3 is 5.69 Å². The predicted octanol–water partition coefficient (Wildman–Crippen LogP) is 3.23. The summed E-state index contributed by atoms with van der Waals surface area (Å²) in [4.78, 5) is 38.2. The van der Waals surface area contributed by atoms with Crippen LogP contribution in [0.3, 0.4) is 0 Å². The van der Waals surface area contributed by atoms with E-state index in [-0.39, 0.29) is 43.2 Å². The van der Waals surface area contributed by atoms with Crippen LogP contribution < -0.4 is 11.2 Å². The van der Waals surface area contributed by atoms with Crippen molar-refractivity contribution in [2.45, 2.75) is 77.6 Å². The zero-order valence-electron chi connectivity index (χ0n) is 23.0. The van der Waals surface area contributed by atoms with E-state index in [1.54, 1.807) is 24.3 Å². The molecule has 1 N–H and O–H groups in total. The molecule has 38 heavy (non-hydrogen) atoms. The number of methoxy groups -OCH3 is 1. The van der Waals surface area contributed by atoms with Crippen molar-refractivity contribution in [3.8, 4) is 6.07 Å². The van der Waals surface area contributed by atoms with Gasteiger partial charge in [-0.3, -0.25) is 9.78 Å². The van der Waals surface area contributed by atoms with Gasteiger partial charge in [0.2, 0.25) is 0 Å². The fraction of sp³-hybridized carbons (Fsp3) is 0.560. The molecule has 3 aromatic rings. The van der Waals surface area contributed by atoms with Gasteiger partial charge in [0, 0.05) is 20.6 Å². The van der Waals surface area contributed by atoms with Crippen LogP contribution in [0.5, 0.6) is 0 Å². The lowest BCUT2D eigenvalue weighted by Crippen LogP contribution is -2.44. The molecule has 1 aliphatic rings. The SMILES string of the molecule is [2H]C[C@H]1O[C@@H](n2c(=O)[nH]c3nc4ccccc4nc3c2=O)C(OC)[C@@H]1OP(OCCC#N)N(C(C)C)C(C)C. The molecule has 13 heteroatoms. The minimum Gasteiger partial charge on any atom is -0.374 e. The summed E-state index contributed by atoms with van der Waals surface area (Å²) in [6.07, 6.45) is -3.59. The Bertz CT molecular complexity index is 1450. The number of nitriles is 1. The minimum absolute atomic E-state index is 0.0218. The first-order valence-electron chi connectivity index (χ1n) is 13.1. The summed E-state index contributed by atoms with van der Waals surface area (Å²) in [5.41, 5.74) is -0.350. The van der Waals surface area contributed by atoms with Crippen LogP contribution in [0.15, 0.2) is 33.9 Å². The van der Waals surface area contributed by atoms with Gasteiger partial charge in [0.25, 0.3) is 14.1 Å². The molecule has 1 aliphatic heterocycles. The van der Waals surface area contributed by atoms with Crippen molar-refractivity contribution in [2.24, 2.45) is 0 Å². The number of ether oxygens (including phenoxy) is 2. The fourth-order valence-corrected chi connectivity index (χ4v) is 6.30. The molecule has 3 heterocycles. The molecular weight excluding hydrogens is 511 g/mol. The quantitative estimate of drug-likeness (QED) is 0.229. The Labute approximate surface area is 222 Å². The highest BCUT2D eigenvalue weighted by atomic mass is 31.2. The first-order chi connectivity index (χ1) is 18.7. The molecule has 2 aromatic heterocycles. The molecule has 0 bridgehead atoms. The largest absolute Gasteiger partial charge is 0.374 e. The zero-order valence-corrected chi connectivity index (χ0v) is 22.9. The van der Waals surface area contributed by atoms with Crippen molar-refractivity contribution in [3.05, 3.63) is 45.1 Å². The molecule has 4 rings (SSSR count). The van der Waals surface area contributed by atoms with Crippen molar-refractivity contribution < 1.29 is 19.9 Å².